The summed E-state index contributed by atoms with van der Waals surface area (Å²) in [7, 11) is 0. The molecule has 1 aliphatic heterocycles. The number of nitrogens with zero attached hydrogens (tertiary/aromatic N) is 3. The molecule has 2 aromatic carbocycles. The number of hydrogen-bond acceptors (Lipinski definition) is 6. The number of oxazole rings is 1. The minimum Gasteiger partial charge on any atom is -0.440 e. The van der Waals surface area contributed by atoms with Crippen molar-refractivity contribution in [1.82, 2.24) is 20.4 Å². The molecule has 1 atom stereocenters. The van der Waals surface area contributed by atoms with Gasteiger partial charge in [-0.2, -0.15) is 0 Å². The quantitative estimate of drug-likeness (QED) is 0.519. The summed E-state index contributed by atoms with van der Waals surface area (Å²) in [4.78, 5) is 31.5. The fourth-order valence-corrected chi connectivity index (χ4v) is 3.95. The number of aromatic nitrogens is 2. The van der Waals surface area contributed by atoms with Crippen molar-refractivity contribution in [3.05, 3.63) is 72.2 Å². The first-order valence-electron chi connectivity index (χ1n) is 10.6. The molecular weight excluding hydrogens is 408 g/mol. The Balaban J connectivity index is 1.18. The third-order valence-corrected chi connectivity index (χ3v) is 5.64. The van der Waals surface area contributed by atoms with E-state index >= 15 is 0 Å². The van der Waals surface area contributed by atoms with Crippen LogP contribution in [0.25, 0.3) is 22.4 Å². The number of fused-ring (bicyclic) bond motifs is 1. The third-order valence-electron chi connectivity index (χ3n) is 5.64. The zero-order valence-corrected chi connectivity index (χ0v) is 17.4. The summed E-state index contributed by atoms with van der Waals surface area (Å²) < 4.78 is 11.2. The molecule has 3 heterocycles. The lowest BCUT2D eigenvalue weighted by atomic mass is 9.98. The highest BCUT2D eigenvalue weighted by atomic mass is 16.5. The molecule has 2 amide bonds. The number of nitrogens with one attached hydrogen (secondary N) is 1. The standard InChI is InChI=1S/C24H22N4O4/c29-22(14-25-23(30)19-13-21(32-27-19)16-7-2-1-3-8-16)28-12-6-9-17(15-28)24-26-18-10-4-5-11-20(18)31-24/h1-5,7-8,10-11,13,17H,6,9,12,14-15H2,(H,25,30). The minimum absolute atomic E-state index is 0.0415. The van der Waals surface area contributed by atoms with Crippen LogP contribution in [0.2, 0.25) is 0 Å². The molecule has 1 fully saturated rings. The predicted molar refractivity (Wildman–Crippen MR) is 117 cm³/mol. The number of carbonyl (C=O) groups is 2. The molecule has 162 valence electrons. The van der Waals surface area contributed by atoms with Gasteiger partial charge in [-0.25, -0.2) is 4.98 Å². The molecule has 4 aromatic rings. The van der Waals surface area contributed by atoms with Crippen LogP contribution in [0.1, 0.15) is 35.1 Å². The molecular formula is C24H22N4O4. The topological polar surface area (TPSA) is 101 Å². The van der Waals surface area contributed by atoms with Crippen LogP contribution >= 0.6 is 0 Å². The second-order valence-corrected chi connectivity index (χ2v) is 7.82. The highest BCUT2D eigenvalue weighted by Crippen LogP contribution is 2.29. The Kier molecular flexibility index (Phi) is 5.41. The van der Waals surface area contributed by atoms with Gasteiger partial charge < -0.3 is 19.2 Å². The number of benzene rings is 2. The monoisotopic (exact) mass is 430 g/mol. The van der Waals surface area contributed by atoms with Crippen LogP contribution in [-0.4, -0.2) is 46.5 Å². The number of piperidine rings is 1. The summed E-state index contributed by atoms with van der Waals surface area (Å²) in [5, 5.41) is 6.47. The van der Waals surface area contributed by atoms with Gasteiger partial charge in [0.1, 0.15) is 5.52 Å². The summed E-state index contributed by atoms with van der Waals surface area (Å²) in [6, 6.07) is 18.6. The molecule has 0 saturated carbocycles. The molecule has 8 heteroatoms. The third kappa shape index (κ3) is 4.12. The Morgan fingerprint density at radius 3 is 2.75 bits per heavy atom. The van der Waals surface area contributed by atoms with Gasteiger partial charge in [-0.1, -0.05) is 47.6 Å². The largest absolute Gasteiger partial charge is 0.440 e. The van der Waals surface area contributed by atoms with E-state index in [1.54, 1.807) is 11.0 Å². The molecule has 0 aliphatic carbocycles. The number of likely N-dealkylation sites (tertiary alicyclic amines) is 1. The van der Waals surface area contributed by atoms with E-state index < -0.39 is 5.91 Å². The van der Waals surface area contributed by atoms with E-state index in [-0.39, 0.29) is 24.1 Å². The normalized spacial score (nSPS) is 16.2. The summed E-state index contributed by atoms with van der Waals surface area (Å²) in [6.07, 6.45) is 1.76. The lowest BCUT2D eigenvalue weighted by Gasteiger charge is -2.31. The van der Waals surface area contributed by atoms with Gasteiger partial charge >= 0.3 is 0 Å². The van der Waals surface area contributed by atoms with Crippen LogP contribution in [0.3, 0.4) is 0 Å². The van der Waals surface area contributed by atoms with Crippen molar-refractivity contribution < 1.29 is 18.5 Å². The fraction of sp³-hybridized carbons (Fsp3) is 0.250. The van der Waals surface area contributed by atoms with E-state index in [1.807, 2.05) is 54.6 Å². The van der Waals surface area contributed by atoms with Gasteiger partial charge in [-0.3, -0.25) is 9.59 Å². The van der Waals surface area contributed by atoms with Gasteiger partial charge in [0.2, 0.25) is 5.91 Å². The average molecular weight is 430 g/mol. The summed E-state index contributed by atoms with van der Waals surface area (Å²) in [5.41, 5.74) is 2.54. The number of hydrogen-bond donors (Lipinski definition) is 1. The Bertz CT molecular complexity index is 1210. The highest BCUT2D eigenvalue weighted by molar-refractivity contribution is 5.95. The summed E-state index contributed by atoms with van der Waals surface area (Å²) in [6.45, 7) is 1.06. The minimum atomic E-state index is -0.447. The van der Waals surface area contributed by atoms with Crippen LogP contribution in [0.5, 0.6) is 0 Å². The lowest BCUT2D eigenvalue weighted by molar-refractivity contribution is -0.131. The van der Waals surface area contributed by atoms with E-state index in [9.17, 15) is 9.59 Å². The molecule has 0 radical (unpaired) electrons. The van der Waals surface area contributed by atoms with Crippen molar-refractivity contribution in [3.63, 3.8) is 0 Å². The van der Waals surface area contributed by atoms with Crippen LogP contribution < -0.4 is 5.32 Å². The lowest BCUT2D eigenvalue weighted by Crippen LogP contribution is -2.44. The maximum atomic E-state index is 12.7. The highest BCUT2D eigenvalue weighted by Gasteiger charge is 2.28. The molecule has 1 saturated heterocycles. The number of carbonyl (C=O) groups excluding carboxylic acids is 2. The SMILES string of the molecule is O=C(NCC(=O)N1CCCC(c2nc3ccccc3o2)C1)c1cc(-c2ccccc2)on1. The molecule has 5 rings (SSSR count). The summed E-state index contributed by atoms with van der Waals surface area (Å²) in [5.74, 6) is 0.602. The molecule has 1 aliphatic rings. The predicted octanol–water partition coefficient (Wildman–Crippen LogP) is 3.62. The van der Waals surface area contributed by atoms with Gasteiger partial charge in [0, 0.05) is 24.7 Å². The molecule has 8 nitrogen and oxygen atoms in total. The van der Waals surface area contributed by atoms with Gasteiger partial charge in [-0.15, -0.1) is 0 Å². The van der Waals surface area contributed by atoms with Crippen molar-refractivity contribution in [1.29, 1.82) is 0 Å². The van der Waals surface area contributed by atoms with E-state index in [0.29, 0.717) is 24.7 Å². The second-order valence-electron chi connectivity index (χ2n) is 7.82. The van der Waals surface area contributed by atoms with Crippen LogP contribution in [-0.2, 0) is 4.79 Å². The van der Waals surface area contributed by atoms with Crippen molar-refractivity contribution in [2.45, 2.75) is 18.8 Å². The van der Waals surface area contributed by atoms with Gasteiger partial charge in [0.25, 0.3) is 5.91 Å². The molecule has 32 heavy (non-hydrogen) atoms. The molecule has 1 unspecified atom stereocenters. The van der Waals surface area contributed by atoms with Gasteiger partial charge in [0.15, 0.2) is 22.9 Å². The molecule has 1 N–H and O–H groups in total. The zero-order valence-electron chi connectivity index (χ0n) is 17.4. The fourth-order valence-electron chi connectivity index (χ4n) is 3.95. The summed E-state index contributed by atoms with van der Waals surface area (Å²) >= 11 is 0. The molecule has 0 bridgehead atoms. The maximum Gasteiger partial charge on any atom is 0.273 e. The van der Waals surface area contributed by atoms with Gasteiger partial charge in [-0.05, 0) is 25.0 Å². The maximum absolute atomic E-state index is 12.7. The van der Waals surface area contributed by atoms with E-state index in [0.717, 1.165) is 29.5 Å². The van der Waals surface area contributed by atoms with Crippen LogP contribution in [0, 0.1) is 0 Å². The van der Waals surface area contributed by atoms with Crippen LogP contribution in [0.15, 0.2) is 69.6 Å². The Morgan fingerprint density at radius 1 is 1.09 bits per heavy atom. The second kappa shape index (κ2) is 8.66. The smallest absolute Gasteiger partial charge is 0.273 e. The van der Waals surface area contributed by atoms with Crippen molar-refractivity contribution in [3.8, 4) is 11.3 Å². The van der Waals surface area contributed by atoms with Gasteiger partial charge in [0.05, 0.1) is 12.5 Å². The van der Waals surface area contributed by atoms with E-state index in [4.69, 9.17) is 8.94 Å². The Hall–Kier alpha value is -3.94. The van der Waals surface area contributed by atoms with Crippen LogP contribution in [0.4, 0.5) is 0 Å². The molecule has 0 spiro atoms. The van der Waals surface area contributed by atoms with E-state index in [1.165, 1.54) is 0 Å². The van der Waals surface area contributed by atoms with E-state index in [2.05, 4.69) is 15.5 Å². The number of amides is 2. The zero-order chi connectivity index (χ0) is 21.9. The Morgan fingerprint density at radius 2 is 1.91 bits per heavy atom. The average Bonchev–Trinajstić information content (AvgIpc) is 3.51. The number of rotatable bonds is 5. The number of para-hydroxylation sites is 2. The Labute approximate surface area is 184 Å². The van der Waals surface area contributed by atoms with Crippen molar-refractivity contribution >= 4 is 22.9 Å². The first-order valence-corrected chi connectivity index (χ1v) is 10.6. The van der Waals surface area contributed by atoms with Crippen molar-refractivity contribution in [2.24, 2.45) is 0 Å². The first kappa shape index (κ1) is 20.0. The molecule has 2 aromatic heterocycles. The van der Waals surface area contributed by atoms with Crippen molar-refractivity contribution in [2.75, 3.05) is 19.6 Å². The first-order chi connectivity index (χ1) is 15.7.